The van der Waals surface area contributed by atoms with Crippen LogP contribution in [0, 0.1) is 0 Å². The summed E-state index contributed by atoms with van der Waals surface area (Å²) >= 11 is 3.32. The van der Waals surface area contributed by atoms with E-state index in [1.165, 1.54) is 0 Å². The smallest absolute Gasteiger partial charge is 0.169 e. The second-order valence-corrected chi connectivity index (χ2v) is 3.34. The van der Waals surface area contributed by atoms with Crippen LogP contribution in [-0.2, 0) is 6.61 Å². The molecular formula is C8H6BrNO2. The van der Waals surface area contributed by atoms with E-state index < -0.39 is 0 Å². The summed E-state index contributed by atoms with van der Waals surface area (Å²) in [5, 5.41) is 13.5. The van der Waals surface area contributed by atoms with Crippen molar-refractivity contribution in [1.29, 1.82) is 0 Å². The van der Waals surface area contributed by atoms with Crippen molar-refractivity contribution in [2.75, 3.05) is 0 Å². The van der Waals surface area contributed by atoms with Crippen molar-refractivity contribution >= 4 is 26.8 Å². The first kappa shape index (κ1) is 7.76. The minimum absolute atomic E-state index is 0.113. The van der Waals surface area contributed by atoms with E-state index in [1.54, 1.807) is 0 Å². The number of hydrogen-bond acceptors (Lipinski definition) is 3. The molecule has 0 aliphatic heterocycles. The number of halogens is 1. The van der Waals surface area contributed by atoms with Gasteiger partial charge in [0.25, 0.3) is 0 Å². The predicted molar refractivity (Wildman–Crippen MR) is 47.6 cm³/mol. The largest absolute Gasteiger partial charge is 0.388 e. The van der Waals surface area contributed by atoms with Crippen LogP contribution in [0.1, 0.15) is 5.76 Å². The van der Waals surface area contributed by atoms with E-state index in [1.807, 2.05) is 18.2 Å². The first-order chi connectivity index (χ1) is 5.81. The highest BCUT2D eigenvalue weighted by molar-refractivity contribution is 9.10. The van der Waals surface area contributed by atoms with Gasteiger partial charge in [-0.15, -0.1) is 0 Å². The van der Waals surface area contributed by atoms with Gasteiger partial charge in [-0.2, -0.15) is 0 Å². The molecule has 1 N–H and O–H groups in total. The van der Waals surface area contributed by atoms with E-state index in [0.717, 1.165) is 15.4 Å². The molecule has 0 amide bonds. The number of aliphatic hydroxyl groups is 1. The number of fused-ring (bicyclic) bond motifs is 1. The van der Waals surface area contributed by atoms with Gasteiger partial charge in [-0.1, -0.05) is 21.1 Å². The Morgan fingerprint density at radius 2 is 2.33 bits per heavy atom. The first-order valence-electron chi connectivity index (χ1n) is 3.46. The third-order valence-corrected chi connectivity index (χ3v) is 2.15. The van der Waals surface area contributed by atoms with Crippen LogP contribution in [0.15, 0.2) is 27.2 Å². The molecule has 0 saturated carbocycles. The van der Waals surface area contributed by atoms with Crippen LogP contribution in [0.5, 0.6) is 0 Å². The van der Waals surface area contributed by atoms with Crippen molar-refractivity contribution in [3.63, 3.8) is 0 Å². The Balaban J connectivity index is 2.73. The fourth-order valence-electron chi connectivity index (χ4n) is 1.08. The fraction of sp³-hybridized carbons (Fsp3) is 0.125. The Labute approximate surface area is 77.1 Å². The molecule has 62 valence electrons. The van der Waals surface area contributed by atoms with E-state index in [4.69, 9.17) is 9.63 Å². The molecule has 0 fully saturated rings. The quantitative estimate of drug-likeness (QED) is 0.812. The van der Waals surface area contributed by atoms with Gasteiger partial charge in [0.2, 0.25) is 0 Å². The number of hydrogen-bond donors (Lipinski definition) is 1. The third-order valence-electron chi connectivity index (χ3n) is 1.66. The van der Waals surface area contributed by atoms with Crippen LogP contribution < -0.4 is 0 Å². The van der Waals surface area contributed by atoms with E-state index in [2.05, 4.69) is 21.1 Å². The Morgan fingerprint density at radius 3 is 3.08 bits per heavy atom. The van der Waals surface area contributed by atoms with Crippen molar-refractivity contribution in [1.82, 2.24) is 5.16 Å². The Hall–Kier alpha value is -0.870. The number of aromatic nitrogens is 1. The van der Waals surface area contributed by atoms with Crippen LogP contribution in [0.4, 0.5) is 0 Å². The molecule has 2 rings (SSSR count). The topological polar surface area (TPSA) is 46.3 Å². The minimum Gasteiger partial charge on any atom is -0.388 e. The summed E-state index contributed by atoms with van der Waals surface area (Å²) in [4.78, 5) is 0. The summed E-state index contributed by atoms with van der Waals surface area (Å²) in [6, 6.07) is 5.60. The molecule has 0 atom stereocenters. The molecule has 1 aromatic heterocycles. The average Bonchev–Trinajstić information content (AvgIpc) is 2.46. The molecule has 1 heterocycles. The highest BCUT2D eigenvalue weighted by Crippen LogP contribution is 2.21. The van der Waals surface area contributed by atoms with Gasteiger partial charge in [-0.05, 0) is 18.2 Å². The lowest BCUT2D eigenvalue weighted by Gasteiger charge is -1.89. The van der Waals surface area contributed by atoms with E-state index >= 15 is 0 Å². The summed E-state index contributed by atoms with van der Waals surface area (Å²) in [6.07, 6.45) is 0. The lowest BCUT2D eigenvalue weighted by molar-refractivity contribution is 0.232. The predicted octanol–water partition coefficient (Wildman–Crippen LogP) is 2.08. The van der Waals surface area contributed by atoms with E-state index in [0.29, 0.717) is 5.76 Å². The summed E-state index contributed by atoms with van der Waals surface area (Å²) in [7, 11) is 0. The molecule has 0 spiro atoms. The molecule has 3 nitrogen and oxygen atoms in total. The molecule has 2 aromatic rings. The van der Waals surface area contributed by atoms with E-state index in [-0.39, 0.29) is 6.61 Å². The van der Waals surface area contributed by atoms with Gasteiger partial charge in [0, 0.05) is 9.86 Å². The lowest BCUT2D eigenvalue weighted by atomic mass is 10.2. The molecule has 4 heteroatoms. The lowest BCUT2D eigenvalue weighted by Crippen LogP contribution is -1.77. The highest BCUT2D eigenvalue weighted by Gasteiger charge is 2.06. The molecule has 1 aromatic carbocycles. The maximum absolute atomic E-state index is 8.85. The fourth-order valence-corrected chi connectivity index (χ4v) is 1.43. The van der Waals surface area contributed by atoms with Crippen LogP contribution in [0.25, 0.3) is 10.9 Å². The van der Waals surface area contributed by atoms with Gasteiger partial charge < -0.3 is 9.63 Å². The van der Waals surface area contributed by atoms with Crippen molar-refractivity contribution in [3.8, 4) is 0 Å². The minimum atomic E-state index is -0.113. The Bertz CT molecular complexity index is 410. The van der Waals surface area contributed by atoms with E-state index in [9.17, 15) is 0 Å². The molecule has 0 unspecified atom stereocenters. The molecular weight excluding hydrogens is 222 g/mol. The van der Waals surface area contributed by atoms with Crippen LogP contribution in [0.2, 0.25) is 0 Å². The number of benzene rings is 1. The maximum atomic E-state index is 8.85. The molecule has 0 aliphatic rings. The van der Waals surface area contributed by atoms with Crippen LogP contribution >= 0.6 is 15.9 Å². The summed E-state index contributed by atoms with van der Waals surface area (Å²) in [5.41, 5.74) is 0.758. The second-order valence-electron chi connectivity index (χ2n) is 2.43. The normalized spacial score (nSPS) is 10.8. The average molecular weight is 228 g/mol. The maximum Gasteiger partial charge on any atom is 0.169 e. The van der Waals surface area contributed by atoms with Crippen molar-refractivity contribution in [2.45, 2.75) is 6.61 Å². The number of aliphatic hydroxyl groups excluding tert-OH is 1. The van der Waals surface area contributed by atoms with Gasteiger partial charge in [0.05, 0.1) is 0 Å². The van der Waals surface area contributed by atoms with Crippen molar-refractivity contribution in [3.05, 3.63) is 28.4 Å². The number of rotatable bonds is 1. The molecule has 0 bridgehead atoms. The zero-order valence-electron chi connectivity index (χ0n) is 6.12. The van der Waals surface area contributed by atoms with Crippen molar-refractivity contribution in [2.24, 2.45) is 0 Å². The Morgan fingerprint density at radius 1 is 1.50 bits per heavy atom. The van der Waals surface area contributed by atoms with Gasteiger partial charge in [0.15, 0.2) is 5.76 Å². The van der Waals surface area contributed by atoms with Gasteiger partial charge in [-0.3, -0.25) is 0 Å². The number of nitrogens with zero attached hydrogens (tertiary/aromatic N) is 1. The standard InChI is InChI=1S/C8H6BrNO2/c9-5-1-2-6-7(3-5)10-12-8(6)4-11/h1-3,11H,4H2. The highest BCUT2D eigenvalue weighted by atomic mass is 79.9. The Kier molecular flexibility index (Phi) is 1.86. The molecule has 0 radical (unpaired) electrons. The summed E-state index contributed by atoms with van der Waals surface area (Å²) in [6.45, 7) is -0.113. The summed E-state index contributed by atoms with van der Waals surface area (Å²) in [5.74, 6) is 0.512. The molecule has 0 aliphatic carbocycles. The van der Waals surface area contributed by atoms with Gasteiger partial charge in [0.1, 0.15) is 12.1 Å². The zero-order valence-corrected chi connectivity index (χ0v) is 7.71. The monoisotopic (exact) mass is 227 g/mol. The van der Waals surface area contributed by atoms with Gasteiger partial charge in [-0.25, -0.2) is 0 Å². The summed E-state index contributed by atoms with van der Waals surface area (Å²) < 4.78 is 5.85. The first-order valence-corrected chi connectivity index (χ1v) is 4.25. The molecule has 0 saturated heterocycles. The zero-order chi connectivity index (χ0) is 8.55. The van der Waals surface area contributed by atoms with Crippen LogP contribution in [0.3, 0.4) is 0 Å². The van der Waals surface area contributed by atoms with Crippen molar-refractivity contribution < 1.29 is 9.63 Å². The SMILES string of the molecule is OCc1onc2cc(Br)ccc12. The van der Waals surface area contributed by atoms with Crippen LogP contribution in [-0.4, -0.2) is 10.3 Å². The second kappa shape index (κ2) is 2.88. The van der Waals surface area contributed by atoms with Gasteiger partial charge >= 0.3 is 0 Å². The third kappa shape index (κ3) is 1.13. The molecule has 12 heavy (non-hydrogen) atoms.